The SMILES string of the molecule is CC(O)CNC(=O)NCc1ccccc1F. The van der Waals surface area contributed by atoms with Gasteiger partial charge >= 0.3 is 6.03 Å². The third-order valence-electron chi connectivity index (χ3n) is 1.96. The average molecular weight is 226 g/mol. The van der Waals surface area contributed by atoms with Gasteiger partial charge in [0, 0.05) is 18.7 Å². The first-order valence-electron chi connectivity index (χ1n) is 5.02. The van der Waals surface area contributed by atoms with Crippen molar-refractivity contribution in [2.75, 3.05) is 6.54 Å². The molecule has 0 radical (unpaired) electrons. The number of carbonyl (C=O) groups is 1. The highest BCUT2D eigenvalue weighted by atomic mass is 19.1. The quantitative estimate of drug-likeness (QED) is 0.717. The summed E-state index contributed by atoms with van der Waals surface area (Å²) >= 11 is 0. The van der Waals surface area contributed by atoms with E-state index in [1.807, 2.05) is 0 Å². The van der Waals surface area contributed by atoms with Gasteiger partial charge in [-0.25, -0.2) is 9.18 Å². The van der Waals surface area contributed by atoms with Crippen molar-refractivity contribution in [1.29, 1.82) is 0 Å². The first-order chi connectivity index (χ1) is 7.59. The molecule has 3 N–H and O–H groups in total. The number of aliphatic hydroxyl groups excluding tert-OH is 1. The third-order valence-corrected chi connectivity index (χ3v) is 1.96. The summed E-state index contributed by atoms with van der Waals surface area (Å²) in [5.41, 5.74) is 0.426. The number of urea groups is 1. The number of nitrogens with one attached hydrogen (secondary N) is 2. The summed E-state index contributed by atoms with van der Waals surface area (Å²) < 4.78 is 13.1. The van der Waals surface area contributed by atoms with Crippen LogP contribution in [0.5, 0.6) is 0 Å². The summed E-state index contributed by atoms with van der Waals surface area (Å²) in [5, 5.41) is 13.9. The van der Waals surface area contributed by atoms with Crippen LogP contribution in [-0.4, -0.2) is 23.8 Å². The van der Waals surface area contributed by atoms with E-state index in [1.165, 1.54) is 6.07 Å². The Balaban J connectivity index is 2.35. The lowest BCUT2D eigenvalue weighted by molar-refractivity contribution is 0.187. The van der Waals surface area contributed by atoms with Crippen LogP contribution in [0.3, 0.4) is 0 Å². The molecule has 5 heteroatoms. The zero-order chi connectivity index (χ0) is 12.0. The molecular formula is C11H15FN2O2. The molecule has 0 aliphatic carbocycles. The summed E-state index contributed by atoms with van der Waals surface area (Å²) in [6.07, 6.45) is -0.598. The minimum atomic E-state index is -0.598. The number of halogens is 1. The highest BCUT2D eigenvalue weighted by molar-refractivity contribution is 5.73. The Labute approximate surface area is 93.5 Å². The van der Waals surface area contributed by atoms with Crippen LogP contribution in [0.4, 0.5) is 9.18 Å². The van der Waals surface area contributed by atoms with E-state index in [4.69, 9.17) is 5.11 Å². The highest BCUT2D eigenvalue weighted by Crippen LogP contribution is 2.04. The van der Waals surface area contributed by atoms with Gasteiger partial charge in [0.05, 0.1) is 6.10 Å². The second-order valence-corrected chi connectivity index (χ2v) is 3.50. The van der Waals surface area contributed by atoms with Crippen LogP contribution in [0.15, 0.2) is 24.3 Å². The Bertz CT molecular complexity index is 356. The summed E-state index contributed by atoms with van der Waals surface area (Å²) in [6, 6.07) is 5.80. The van der Waals surface area contributed by atoms with Crippen LogP contribution in [0, 0.1) is 5.82 Å². The van der Waals surface area contributed by atoms with Crippen LogP contribution in [0.1, 0.15) is 12.5 Å². The predicted octanol–water partition coefficient (Wildman–Crippen LogP) is 1.01. The standard InChI is InChI=1S/C11H15FN2O2/c1-8(15)6-13-11(16)14-7-9-4-2-3-5-10(9)12/h2-5,8,15H,6-7H2,1H3,(H2,13,14,16). The van der Waals surface area contributed by atoms with Crippen molar-refractivity contribution in [2.45, 2.75) is 19.6 Å². The van der Waals surface area contributed by atoms with Gasteiger partial charge in [0.15, 0.2) is 0 Å². The van der Waals surface area contributed by atoms with E-state index in [2.05, 4.69) is 10.6 Å². The van der Waals surface area contributed by atoms with Crippen LogP contribution in [0.2, 0.25) is 0 Å². The van der Waals surface area contributed by atoms with Crippen LogP contribution in [-0.2, 0) is 6.54 Å². The molecule has 1 aromatic carbocycles. The molecule has 0 aromatic heterocycles. The van der Waals surface area contributed by atoms with Gasteiger partial charge in [-0.1, -0.05) is 18.2 Å². The lowest BCUT2D eigenvalue weighted by Gasteiger charge is -2.09. The van der Waals surface area contributed by atoms with E-state index < -0.39 is 12.1 Å². The number of hydrogen-bond acceptors (Lipinski definition) is 2. The lowest BCUT2D eigenvalue weighted by Crippen LogP contribution is -2.38. The van der Waals surface area contributed by atoms with E-state index in [-0.39, 0.29) is 18.9 Å². The van der Waals surface area contributed by atoms with Crippen LogP contribution < -0.4 is 10.6 Å². The Hall–Kier alpha value is -1.62. The number of hydrogen-bond donors (Lipinski definition) is 3. The second kappa shape index (κ2) is 6.07. The molecule has 2 amide bonds. The van der Waals surface area contributed by atoms with Crippen molar-refractivity contribution in [1.82, 2.24) is 10.6 Å². The molecule has 1 aromatic rings. The lowest BCUT2D eigenvalue weighted by atomic mass is 10.2. The summed E-state index contributed by atoms with van der Waals surface area (Å²) in [6.45, 7) is 1.86. The minimum absolute atomic E-state index is 0.123. The van der Waals surface area contributed by atoms with E-state index in [1.54, 1.807) is 25.1 Å². The van der Waals surface area contributed by atoms with Crippen molar-refractivity contribution in [3.8, 4) is 0 Å². The van der Waals surface area contributed by atoms with Gasteiger partial charge < -0.3 is 15.7 Å². The fourth-order valence-electron chi connectivity index (χ4n) is 1.12. The molecule has 0 saturated heterocycles. The molecule has 0 saturated carbocycles. The minimum Gasteiger partial charge on any atom is -0.392 e. The summed E-state index contributed by atoms with van der Waals surface area (Å²) in [7, 11) is 0. The summed E-state index contributed by atoms with van der Waals surface area (Å²) in [4.78, 5) is 11.2. The molecule has 0 aliphatic rings. The Morgan fingerprint density at radius 3 is 2.75 bits per heavy atom. The topological polar surface area (TPSA) is 61.4 Å². The number of benzene rings is 1. The van der Waals surface area contributed by atoms with Crippen molar-refractivity contribution < 1.29 is 14.3 Å². The number of rotatable bonds is 4. The maximum atomic E-state index is 13.1. The number of amides is 2. The number of carbonyl (C=O) groups excluding carboxylic acids is 1. The first-order valence-corrected chi connectivity index (χ1v) is 5.02. The normalized spacial score (nSPS) is 11.9. The smallest absolute Gasteiger partial charge is 0.315 e. The van der Waals surface area contributed by atoms with E-state index >= 15 is 0 Å². The largest absolute Gasteiger partial charge is 0.392 e. The molecule has 0 spiro atoms. The molecule has 1 unspecified atom stereocenters. The molecule has 0 heterocycles. The molecule has 16 heavy (non-hydrogen) atoms. The van der Waals surface area contributed by atoms with Gasteiger partial charge in [0.1, 0.15) is 5.82 Å². The van der Waals surface area contributed by atoms with Gasteiger partial charge in [0.2, 0.25) is 0 Å². The number of aliphatic hydroxyl groups is 1. The predicted molar refractivity (Wildman–Crippen MR) is 58.3 cm³/mol. The van der Waals surface area contributed by atoms with E-state index in [0.29, 0.717) is 5.56 Å². The fraction of sp³-hybridized carbons (Fsp3) is 0.364. The zero-order valence-corrected chi connectivity index (χ0v) is 9.03. The molecular weight excluding hydrogens is 211 g/mol. The zero-order valence-electron chi connectivity index (χ0n) is 9.03. The van der Waals surface area contributed by atoms with Gasteiger partial charge in [-0.05, 0) is 13.0 Å². The molecule has 1 atom stereocenters. The average Bonchev–Trinajstić information content (AvgIpc) is 2.25. The Morgan fingerprint density at radius 2 is 2.12 bits per heavy atom. The molecule has 0 aliphatic heterocycles. The van der Waals surface area contributed by atoms with E-state index in [0.717, 1.165) is 0 Å². The fourth-order valence-corrected chi connectivity index (χ4v) is 1.12. The summed E-state index contributed by atoms with van der Waals surface area (Å²) in [5.74, 6) is -0.349. The Morgan fingerprint density at radius 1 is 1.44 bits per heavy atom. The van der Waals surface area contributed by atoms with Gasteiger partial charge in [0.25, 0.3) is 0 Å². The Kier molecular flexibility index (Phi) is 4.72. The molecule has 4 nitrogen and oxygen atoms in total. The first kappa shape index (κ1) is 12.4. The van der Waals surface area contributed by atoms with E-state index in [9.17, 15) is 9.18 Å². The maximum absolute atomic E-state index is 13.1. The molecule has 88 valence electrons. The van der Waals surface area contributed by atoms with Crippen LogP contribution in [0.25, 0.3) is 0 Å². The van der Waals surface area contributed by atoms with Crippen LogP contribution >= 0.6 is 0 Å². The molecule has 0 fully saturated rings. The monoisotopic (exact) mass is 226 g/mol. The van der Waals surface area contributed by atoms with Gasteiger partial charge in [-0.2, -0.15) is 0 Å². The molecule has 1 rings (SSSR count). The second-order valence-electron chi connectivity index (χ2n) is 3.50. The third kappa shape index (κ3) is 4.27. The van der Waals surface area contributed by atoms with Crippen molar-refractivity contribution in [3.63, 3.8) is 0 Å². The highest BCUT2D eigenvalue weighted by Gasteiger charge is 2.04. The molecule has 0 bridgehead atoms. The van der Waals surface area contributed by atoms with Gasteiger partial charge in [-0.15, -0.1) is 0 Å². The maximum Gasteiger partial charge on any atom is 0.315 e. The van der Waals surface area contributed by atoms with Crippen molar-refractivity contribution in [3.05, 3.63) is 35.6 Å². The van der Waals surface area contributed by atoms with Crippen molar-refractivity contribution >= 4 is 6.03 Å². The van der Waals surface area contributed by atoms with Gasteiger partial charge in [-0.3, -0.25) is 0 Å². The van der Waals surface area contributed by atoms with Crippen molar-refractivity contribution in [2.24, 2.45) is 0 Å².